The van der Waals surface area contributed by atoms with Crippen molar-refractivity contribution >= 4 is 6.09 Å². The second-order valence-electron chi connectivity index (χ2n) is 7.68. The Hall–Kier alpha value is -3.91. The highest BCUT2D eigenvalue weighted by Gasteiger charge is 2.08. The molecule has 0 unspecified atom stereocenters. The number of nitrogens with two attached hydrogens (primary N) is 1. The Balaban J connectivity index is 1.26. The summed E-state index contributed by atoms with van der Waals surface area (Å²) in [7, 11) is 0. The molecule has 1 amide bonds. The first-order valence-electron chi connectivity index (χ1n) is 10.4. The minimum absolute atomic E-state index is 0.256. The lowest BCUT2D eigenvalue weighted by atomic mass is 10.1. The van der Waals surface area contributed by atoms with Gasteiger partial charge in [0.25, 0.3) is 0 Å². The van der Waals surface area contributed by atoms with E-state index >= 15 is 0 Å². The molecule has 8 nitrogen and oxygen atoms in total. The molecule has 2 aromatic carbocycles. The van der Waals surface area contributed by atoms with Gasteiger partial charge in [-0.2, -0.15) is 5.10 Å². The minimum atomic E-state index is -0.545. The summed E-state index contributed by atoms with van der Waals surface area (Å²) in [5.74, 6) is 0.256. The Bertz CT molecular complexity index is 1160. The molecule has 0 spiro atoms. The number of aryl methyl sites for hydroxylation is 1. The number of hydrogen-bond acceptors (Lipinski definition) is 5. The number of amides is 1. The van der Waals surface area contributed by atoms with Gasteiger partial charge in [0.1, 0.15) is 0 Å². The van der Waals surface area contributed by atoms with E-state index in [1.807, 2.05) is 52.8 Å². The van der Waals surface area contributed by atoms with Gasteiger partial charge in [0.15, 0.2) is 0 Å². The number of aromatic nitrogens is 4. The molecule has 2 aromatic heterocycles. The fraction of sp³-hybridized carbons (Fsp3) is 0.208. The first kappa shape index (κ1) is 21.3. The van der Waals surface area contributed by atoms with Crippen LogP contribution in [0.2, 0.25) is 0 Å². The average Bonchev–Trinajstić information content (AvgIpc) is 3.42. The third-order valence-electron chi connectivity index (χ3n) is 5.00. The number of hydrogen-bond donors (Lipinski definition) is 2. The largest absolute Gasteiger partial charge is 0.414 e. The highest BCUT2D eigenvalue weighted by Crippen LogP contribution is 2.12. The molecule has 164 valence electrons. The van der Waals surface area contributed by atoms with Crippen LogP contribution in [0.3, 0.4) is 0 Å². The van der Waals surface area contributed by atoms with Crippen molar-refractivity contribution in [2.45, 2.75) is 33.1 Å². The van der Waals surface area contributed by atoms with Crippen molar-refractivity contribution in [3.63, 3.8) is 0 Å². The van der Waals surface area contributed by atoms with Crippen LogP contribution >= 0.6 is 0 Å². The van der Waals surface area contributed by atoms with Gasteiger partial charge in [-0.1, -0.05) is 48.5 Å². The van der Waals surface area contributed by atoms with E-state index in [4.69, 9.17) is 10.5 Å². The lowest BCUT2D eigenvalue weighted by molar-refractivity contribution is 0.198. The van der Waals surface area contributed by atoms with Crippen molar-refractivity contribution in [3.8, 4) is 5.88 Å². The lowest BCUT2D eigenvalue weighted by Gasteiger charge is -2.06. The maximum atomic E-state index is 12.1. The van der Waals surface area contributed by atoms with Gasteiger partial charge in [-0.25, -0.2) is 9.78 Å². The molecule has 3 N–H and O–H groups in total. The third kappa shape index (κ3) is 5.83. The van der Waals surface area contributed by atoms with Crippen LogP contribution in [-0.2, 0) is 26.2 Å². The summed E-state index contributed by atoms with van der Waals surface area (Å²) in [5.41, 5.74) is 11.1. The number of imidazole rings is 1. The first-order valence-corrected chi connectivity index (χ1v) is 10.4. The molecule has 0 aliphatic rings. The van der Waals surface area contributed by atoms with E-state index in [2.05, 4.69) is 39.7 Å². The van der Waals surface area contributed by atoms with E-state index in [1.54, 1.807) is 12.5 Å². The molecular formula is C24H26N6O2. The Morgan fingerprint density at radius 2 is 1.62 bits per heavy atom. The summed E-state index contributed by atoms with van der Waals surface area (Å²) in [5, 5.41) is 7.04. The van der Waals surface area contributed by atoms with Crippen molar-refractivity contribution in [1.82, 2.24) is 24.6 Å². The molecule has 4 rings (SSSR count). The van der Waals surface area contributed by atoms with Crippen LogP contribution in [0.1, 0.15) is 27.8 Å². The number of nitrogens with zero attached hydrogens (tertiary/aromatic N) is 4. The summed E-state index contributed by atoms with van der Waals surface area (Å²) in [6, 6.07) is 16.1. The van der Waals surface area contributed by atoms with E-state index in [9.17, 15) is 4.79 Å². The quantitative estimate of drug-likeness (QED) is 0.447. The molecule has 2 heterocycles. The van der Waals surface area contributed by atoms with Crippen molar-refractivity contribution in [3.05, 3.63) is 101 Å². The fourth-order valence-corrected chi connectivity index (χ4v) is 3.28. The van der Waals surface area contributed by atoms with Gasteiger partial charge in [-0.3, -0.25) is 4.68 Å². The average molecular weight is 431 g/mol. The molecule has 8 heteroatoms. The molecule has 0 aliphatic heterocycles. The monoisotopic (exact) mass is 430 g/mol. The smallest absolute Gasteiger partial charge is 0.390 e. The molecule has 0 radical (unpaired) electrons. The molecule has 0 atom stereocenters. The Kier molecular flexibility index (Phi) is 6.62. The maximum Gasteiger partial charge on any atom is 0.414 e. The van der Waals surface area contributed by atoms with Crippen LogP contribution in [0.15, 0.2) is 73.4 Å². The van der Waals surface area contributed by atoms with Gasteiger partial charge in [-0.15, -0.1) is 0 Å². The zero-order valence-electron chi connectivity index (χ0n) is 17.9. The SMILES string of the molecule is Cc1cnn(Cc2ccc(Cn3cnc(OC(=O)NCc4ccc(CN)cc4)c3)cc2)c1. The highest BCUT2D eigenvalue weighted by molar-refractivity contribution is 5.69. The molecule has 0 bridgehead atoms. The van der Waals surface area contributed by atoms with Gasteiger partial charge in [0, 0.05) is 25.8 Å². The molecule has 0 saturated heterocycles. The van der Waals surface area contributed by atoms with Crippen LogP contribution in [0, 0.1) is 6.92 Å². The van der Waals surface area contributed by atoms with E-state index in [-0.39, 0.29) is 5.88 Å². The van der Waals surface area contributed by atoms with Crippen LogP contribution in [-0.4, -0.2) is 25.4 Å². The number of rotatable bonds is 8. The first-order chi connectivity index (χ1) is 15.6. The van der Waals surface area contributed by atoms with E-state index in [0.717, 1.165) is 28.8 Å². The van der Waals surface area contributed by atoms with Crippen LogP contribution < -0.4 is 15.8 Å². The lowest BCUT2D eigenvalue weighted by Crippen LogP contribution is -2.26. The predicted octanol–water partition coefficient (Wildman–Crippen LogP) is 3.23. The van der Waals surface area contributed by atoms with Crippen LogP contribution in [0.25, 0.3) is 0 Å². The molecule has 4 aromatic rings. The minimum Gasteiger partial charge on any atom is -0.390 e. The van der Waals surface area contributed by atoms with E-state index in [0.29, 0.717) is 19.6 Å². The van der Waals surface area contributed by atoms with Gasteiger partial charge in [-0.05, 0) is 34.7 Å². The van der Waals surface area contributed by atoms with Crippen molar-refractivity contribution < 1.29 is 9.53 Å². The number of ether oxygens (including phenoxy) is 1. The Labute approximate surface area is 186 Å². The standard InChI is InChI=1S/C24H26N6O2/c1-18-11-28-30(13-18)15-22-8-6-21(7-9-22)14-29-16-23(27-17-29)32-24(31)26-12-20-4-2-19(10-25)3-5-20/h2-9,11,13,16-17H,10,12,14-15,25H2,1H3,(H,26,31). The summed E-state index contributed by atoms with van der Waals surface area (Å²) < 4.78 is 9.07. The molecule has 32 heavy (non-hydrogen) atoms. The van der Waals surface area contributed by atoms with Crippen molar-refractivity contribution in [2.24, 2.45) is 5.73 Å². The topological polar surface area (TPSA) is 100.0 Å². The summed E-state index contributed by atoms with van der Waals surface area (Å²) in [6.07, 6.45) is 6.68. The van der Waals surface area contributed by atoms with Crippen LogP contribution in [0.4, 0.5) is 4.79 Å². The van der Waals surface area contributed by atoms with Crippen molar-refractivity contribution in [1.29, 1.82) is 0 Å². The zero-order chi connectivity index (χ0) is 22.3. The molecule has 0 aliphatic carbocycles. The summed E-state index contributed by atoms with van der Waals surface area (Å²) >= 11 is 0. The molecular weight excluding hydrogens is 404 g/mol. The molecule has 0 saturated carbocycles. The van der Waals surface area contributed by atoms with E-state index in [1.165, 1.54) is 5.56 Å². The number of nitrogens with one attached hydrogen (secondary N) is 1. The zero-order valence-corrected chi connectivity index (χ0v) is 17.9. The second-order valence-corrected chi connectivity index (χ2v) is 7.68. The maximum absolute atomic E-state index is 12.1. The van der Waals surface area contributed by atoms with Gasteiger partial charge in [0.2, 0.25) is 5.88 Å². The second kappa shape index (κ2) is 9.93. The third-order valence-corrected chi connectivity index (χ3v) is 5.00. The normalized spacial score (nSPS) is 10.8. The van der Waals surface area contributed by atoms with Crippen molar-refractivity contribution in [2.75, 3.05) is 0 Å². The van der Waals surface area contributed by atoms with E-state index < -0.39 is 6.09 Å². The Morgan fingerprint density at radius 3 is 2.28 bits per heavy atom. The van der Waals surface area contributed by atoms with Crippen LogP contribution in [0.5, 0.6) is 5.88 Å². The number of carbonyl (C=O) groups excluding carboxylic acids is 1. The predicted molar refractivity (Wildman–Crippen MR) is 121 cm³/mol. The summed E-state index contributed by atoms with van der Waals surface area (Å²) in [4.78, 5) is 16.2. The van der Waals surface area contributed by atoms with Gasteiger partial charge >= 0.3 is 6.09 Å². The summed E-state index contributed by atoms with van der Waals surface area (Å²) in [6.45, 7) is 4.26. The van der Waals surface area contributed by atoms with Gasteiger partial charge in [0.05, 0.1) is 25.3 Å². The fourth-order valence-electron chi connectivity index (χ4n) is 3.28. The van der Waals surface area contributed by atoms with Gasteiger partial charge < -0.3 is 20.4 Å². The number of carbonyl (C=O) groups is 1. The molecule has 0 fully saturated rings. The highest BCUT2D eigenvalue weighted by atomic mass is 16.6. The number of benzene rings is 2. The Morgan fingerprint density at radius 1 is 0.969 bits per heavy atom.